The fourth-order valence-electron chi connectivity index (χ4n) is 1.81. The Morgan fingerprint density at radius 1 is 1.30 bits per heavy atom. The van der Waals surface area contributed by atoms with Crippen molar-refractivity contribution in [3.05, 3.63) is 33.9 Å². The molecule has 1 rings (SSSR count). The van der Waals surface area contributed by atoms with Gasteiger partial charge in [-0.3, -0.25) is 10.1 Å². The Hall–Kier alpha value is -2.11. The summed E-state index contributed by atoms with van der Waals surface area (Å²) in [5.41, 5.74) is -0.426. The van der Waals surface area contributed by atoms with Crippen LogP contribution in [0.2, 0.25) is 0 Å². The molecule has 0 spiro atoms. The van der Waals surface area contributed by atoms with E-state index in [-0.39, 0.29) is 17.0 Å². The van der Waals surface area contributed by atoms with E-state index >= 15 is 0 Å². The first kappa shape index (κ1) is 15.9. The van der Waals surface area contributed by atoms with Crippen molar-refractivity contribution < 1.29 is 19.6 Å². The van der Waals surface area contributed by atoms with Crippen LogP contribution >= 0.6 is 0 Å². The lowest BCUT2D eigenvalue weighted by molar-refractivity contribution is -0.384. The fourth-order valence-corrected chi connectivity index (χ4v) is 1.81. The second-order valence-electron chi connectivity index (χ2n) is 4.51. The summed E-state index contributed by atoms with van der Waals surface area (Å²) in [6.45, 7) is 2.55. The Balaban J connectivity index is 2.60. The molecule has 0 unspecified atom stereocenters. The van der Waals surface area contributed by atoms with Crippen LogP contribution in [0.15, 0.2) is 18.2 Å². The minimum Gasteiger partial charge on any atom is -0.493 e. The minimum atomic E-state index is -1.23. The zero-order valence-electron chi connectivity index (χ0n) is 11.5. The van der Waals surface area contributed by atoms with Crippen LogP contribution in [0.3, 0.4) is 0 Å². The Morgan fingerprint density at radius 3 is 2.60 bits per heavy atom. The Morgan fingerprint density at radius 2 is 2.00 bits per heavy atom. The van der Waals surface area contributed by atoms with Crippen LogP contribution in [-0.4, -0.2) is 22.6 Å². The Kier molecular flexibility index (Phi) is 6.49. The molecule has 1 aromatic carbocycles. The molecule has 1 aromatic rings. The van der Waals surface area contributed by atoms with Gasteiger partial charge in [0.1, 0.15) is 11.3 Å². The van der Waals surface area contributed by atoms with Gasteiger partial charge in [0.2, 0.25) is 0 Å². The molecule has 6 nitrogen and oxygen atoms in total. The molecule has 0 aliphatic carbocycles. The van der Waals surface area contributed by atoms with Crippen LogP contribution in [0, 0.1) is 10.1 Å². The third-order valence-electron chi connectivity index (χ3n) is 2.91. The molecule has 0 fully saturated rings. The summed E-state index contributed by atoms with van der Waals surface area (Å²) in [5.74, 6) is -1.05. The minimum absolute atomic E-state index is 0.173. The van der Waals surface area contributed by atoms with E-state index in [2.05, 4.69) is 6.92 Å². The largest absolute Gasteiger partial charge is 0.493 e. The molecule has 1 N–H and O–H groups in total. The molecular weight excluding hydrogens is 262 g/mol. The van der Waals surface area contributed by atoms with Crippen molar-refractivity contribution in [2.45, 2.75) is 39.0 Å². The monoisotopic (exact) mass is 281 g/mol. The molecule has 6 heteroatoms. The van der Waals surface area contributed by atoms with Gasteiger partial charge in [-0.2, -0.15) is 0 Å². The van der Waals surface area contributed by atoms with E-state index in [1.54, 1.807) is 0 Å². The molecule has 0 aromatic heterocycles. The number of hydrogen-bond acceptors (Lipinski definition) is 4. The normalized spacial score (nSPS) is 10.2. The number of carboxylic acids is 1. The first-order valence-corrected chi connectivity index (χ1v) is 6.70. The lowest BCUT2D eigenvalue weighted by Gasteiger charge is -2.08. The molecule has 0 saturated carbocycles. The van der Waals surface area contributed by atoms with Gasteiger partial charge < -0.3 is 9.84 Å². The maximum Gasteiger partial charge on any atom is 0.339 e. The van der Waals surface area contributed by atoms with Gasteiger partial charge in [0.15, 0.2) is 0 Å². The molecule has 110 valence electrons. The van der Waals surface area contributed by atoms with Crippen LogP contribution in [0.25, 0.3) is 0 Å². The summed E-state index contributed by atoms with van der Waals surface area (Å²) in [4.78, 5) is 21.1. The van der Waals surface area contributed by atoms with Crippen LogP contribution in [-0.2, 0) is 0 Å². The lowest BCUT2D eigenvalue weighted by atomic mass is 10.1. The van der Waals surface area contributed by atoms with Gasteiger partial charge >= 0.3 is 5.97 Å². The molecular formula is C14H19NO5. The summed E-state index contributed by atoms with van der Waals surface area (Å²) >= 11 is 0. The zero-order chi connectivity index (χ0) is 15.0. The molecule has 0 amide bonds. The van der Waals surface area contributed by atoms with Gasteiger partial charge in [-0.1, -0.05) is 32.6 Å². The number of rotatable bonds is 9. The number of non-ortho nitro benzene ring substituents is 1. The standard InChI is InChI=1S/C14H19NO5/c1-2-3-4-5-6-9-20-13-8-7-11(15(18)19)10-12(13)14(16)17/h7-8,10H,2-6,9H2,1H3,(H,16,17). The van der Waals surface area contributed by atoms with Gasteiger partial charge in [0.25, 0.3) is 5.69 Å². The highest BCUT2D eigenvalue weighted by Gasteiger charge is 2.16. The third kappa shape index (κ3) is 4.87. The highest BCUT2D eigenvalue weighted by molar-refractivity contribution is 5.91. The van der Waals surface area contributed by atoms with E-state index in [9.17, 15) is 14.9 Å². The maximum absolute atomic E-state index is 11.1. The number of benzene rings is 1. The summed E-state index contributed by atoms with van der Waals surface area (Å²) in [7, 11) is 0. The predicted molar refractivity (Wildman–Crippen MR) is 74.3 cm³/mol. The highest BCUT2D eigenvalue weighted by atomic mass is 16.6. The first-order valence-electron chi connectivity index (χ1n) is 6.70. The topological polar surface area (TPSA) is 89.7 Å². The smallest absolute Gasteiger partial charge is 0.339 e. The molecule has 0 aliphatic heterocycles. The van der Waals surface area contributed by atoms with E-state index < -0.39 is 10.9 Å². The lowest BCUT2D eigenvalue weighted by Crippen LogP contribution is -2.05. The zero-order valence-corrected chi connectivity index (χ0v) is 11.5. The summed E-state index contributed by atoms with van der Waals surface area (Å²) in [5, 5.41) is 19.7. The van der Waals surface area contributed by atoms with Gasteiger partial charge in [-0.05, 0) is 12.5 Å². The van der Waals surface area contributed by atoms with Gasteiger partial charge in [-0.25, -0.2) is 4.79 Å². The van der Waals surface area contributed by atoms with E-state index in [4.69, 9.17) is 9.84 Å². The quantitative estimate of drug-likeness (QED) is 0.424. The van der Waals surface area contributed by atoms with E-state index in [0.717, 1.165) is 31.7 Å². The fraction of sp³-hybridized carbons (Fsp3) is 0.500. The first-order chi connectivity index (χ1) is 9.56. The van der Waals surface area contributed by atoms with Crippen molar-refractivity contribution in [2.75, 3.05) is 6.61 Å². The van der Waals surface area contributed by atoms with E-state index in [1.807, 2.05) is 0 Å². The van der Waals surface area contributed by atoms with Gasteiger partial charge in [0, 0.05) is 12.1 Å². The number of carbonyl (C=O) groups is 1. The van der Waals surface area contributed by atoms with Crippen molar-refractivity contribution >= 4 is 11.7 Å². The van der Waals surface area contributed by atoms with Gasteiger partial charge in [-0.15, -0.1) is 0 Å². The van der Waals surface area contributed by atoms with Gasteiger partial charge in [0.05, 0.1) is 11.5 Å². The SMILES string of the molecule is CCCCCCCOc1ccc([N+](=O)[O-])cc1C(=O)O. The molecule has 0 radical (unpaired) electrons. The van der Waals surface area contributed by atoms with Crippen molar-refractivity contribution in [1.29, 1.82) is 0 Å². The second-order valence-corrected chi connectivity index (χ2v) is 4.51. The average Bonchev–Trinajstić information content (AvgIpc) is 2.42. The Labute approximate surface area is 117 Å². The predicted octanol–water partition coefficient (Wildman–Crippen LogP) is 3.64. The van der Waals surface area contributed by atoms with E-state index in [0.29, 0.717) is 6.61 Å². The van der Waals surface area contributed by atoms with Crippen molar-refractivity contribution in [3.8, 4) is 5.75 Å². The van der Waals surface area contributed by atoms with Crippen LogP contribution < -0.4 is 4.74 Å². The van der Waals surface area contributed by atoms with Crippen LogP contribution in [0.1, 0.15) is 49.4 Å². The summed E-state index contributed by atoms with van der Waals surface area (Å²) in [6, 6.07) is 3.61. The summed E-state index contributed by atoms with van der Waals surface area (Å²) < 4.78 is 5.41. The molecule has 0 aliphatic rings. The number of nitrogens with zero attached hydrogens (tertiary/aromatic N) is 1. The number of carboxylic acid groups (broad SMARTS) is 1. The molecule has 0 atom stereocenters. The molecule has 0 saturated heterocycles. The summed E-state index contributed by atoms with van der Waals surface area (Å²) in [6.07, 6.45) is 5.34. The van der Waals surface area contributed by atoms with Crippen molar-refractivity contribution in [2.24, 2.45) is 0 Å². The number of aromatic carboxylic acids is 1. The molecule has 0 heterocycles. The van der Waals surface area contributed by atoms with Crippen LogP contribution in [0.4, 0.5) is 5.69 Å². The number of nitro benzene ring substituents is 1. The maximum atomic E-state index is 11.1. The number of ether oxygens (including phenoxy) is 1. The van der Waals surface area contributed by atoms with E-state index in [1.165, 1.54) is 18.6 Å². The molecule has 0 bridgehead atoms. The second kappa shape index (κ2) is 8.14. The van der Waals surface area contributed by atoms with Crippen molar-refractivity contribution in [3.63, 3.8) is 0 Å². The Bertz CT molecular complexity index is 473. The number of unbranched alkanes of at least 4 members (excludes halogenated alkanes) is 4. The highest BCUT2D eigenvalue weighted by Crippen LogP contribution is 2.24. The number of hydrogen-bond donors (Lipinski definition) is 1. The number of nitro groups is 1. The third-order valence-corrected chi connectivity index (χ3v) is 2.91. The van der Waals surface area contributed by atoms with Crippen molar-refractivity contribution in [1.82, 2.24) is 0 Å². The average molecular weight is 281 g/mol. The molecule has 20 heavy (non-hydrogen) atoms. The van der Waals surface area contributed by atoms with Crippen LogP contribution in [0.5, 0.6) is 5.75 Å².